The Balaban J connectivity index is 1.97. The first kappa shape index (κ1) is 18.0. The summed E-state index contributed by atoms with van der Waals surface area (Å²) < 4.78 is 3.66. The third kappa shape index (κ3) is 3.42. The minimum Gasteiger partial charge on any atom is -0.455 e. The fraction of sp³-hybridized carbons (Fsp3) is 0.357. The van der Waals surface area contributed by atoms with E-state index in [0.717, 1.165) is 12.1 Å². The Hall–Kier alpha value is -2.37. The molecule has 2 rings (SSSR count). The average Bonchev–Trinajstić information content (AvgIpc) is 3.04. The zero-order valence-corrected chi connectivity index (χ0v) is 13.8. The van der Waals surface area contributed by atoms with E-state index in [1.807, 2.05) is 0 Å². The van der Waals surface area contributed by atoms with Crippen molar-refractivity contribution in [2.75, 3.05) is 11.9 Å². The fourth-order valence-electron chi connectivity index (χ4n) is 1.95. The van der Waals surface area contributed by atoms with Gasteiger partial charge in [-0.2, -0.15) is 5.26 Å². The highest BCUT2D eigenvalue weighted by atomic mass is 35.5. The number of anilines is 1. The maximum Gasteiger partial charge on any atom is 0.315 e. The predicted molar refractivity (Wildman–Crippen MR) is 84.6 cm³/mol. The zero-order valence-electron chi connectivity index (χ0n) is 12.3. The van der Waals surface area contributed by atoms with Crippen LogP contribution in [0.25, 0.3) is 0 Å². The molecule has 24 heavy (non-hydrogen) atoms. The molecular weight excluding hydrogens is 361 g/mol. The van der Waals surface area contributed by atoms with E-state index in [1.54, 1.807) is 6.07 Å². The lowest BCUT2D eigenvalue weighted by atomic mass is 10.1. The maximum atomic E-state index is 11.8. The van der Waals surface area contributed by atoms with Gasteiger partial charge in [-0.05, 0) is 13.0 Å². The van der Waals surface area contributed by atoms with Gasteiger partial charge in [0.05, 0.1) is 16.2 Å². The van der Waals surface area contributed by atoms with Crippen molar-refractivity contribution in [3.8, 4) is 6.07 Å². The van der Waals surface area contributed by atoms with Crippen LogP contribution in [-0.4, -0.2) is 27.7 Å². The van der Waals surface area contributed by atoms with E-state index in [0.29, 0.717) is 0 Å². The highest BCUT2D eigenvalue weighted by molar-refractivity contribution is 6.53. The molecular formula is C14H11Cl2N3O5. The summed E-state index contributed by atoms with van der Waals surface area (Å²) in [4.78, 5) is 33.7. The number of nitriles is 1. The number of nitro groups is 1. The van der Waals surface area contributed by atoms with Gasteiger partial charge < -0.3 is 10.1 Å². The van der Waals surface area contributed by atoms with Crippen LogP contribution in [0.4, 0.5) is 11.4 Å². The quantitative estimate of drug-likeness (QED) is 0.367. The smallest absolute Gasteiger partial charge is 0.315 e. The van der Waals surface area contributed by atoms with Crippen molar-refractivity contribution >= 4 is 46.5 Å². The molecule has 0 aliphatic heterocycles. The second kappa shape index (κ2) is 6.26. The third-order valence-corrected chi connectivity index (χ3v) is 4.75. The van der Waals surface area contributed by atoms with Crippen LogP contribution < -0.4 is 5.32 Å². The SMILES string of the molecule is CC1(C(=O)OCC(=O)Nc2ccc([N+](=O)[O-])cc2C#N)CC1(Cl)Cl. The average molecular weight is 372 g/mol. The molecule has 1 aliphatic rings. The van der Waals surface area contributed by atoms with E-state index in [9.17, 15) is 19.7 Å². The molecule has 1 aliphatic carbocycles. The summed E-state index contributed by atoms with van der Waals surface area (Å²) in [6, 6.07) is 5.14. The predicted octanol–water partition coefficient (Wildman–Crippen LogP) is 2.53. The Morgan fingerprint density at radius 3 is 2.62 bits per heavy atom. The van der Waals surface area contributed by atoms with E-state index in [4.69, 9.17) is 33.2 Å². The molecule has 1 saturated carbocycles. The highest BCUT2D eigenvalue weighted by Crippen LogP contribution is 2.64. The van der Waals surface area contributed by atoms with E-state index in [-0.39, 0.29) is 23.4 Å². The van der Waals surface area contributed by atoms with Crippen LogP contribution in [0.1, 0.15) is 18.9 Å². The number of nitrogens with zero attached hydrogens (tertiary/aromatic N) is 2. The molecule has 1 aromatic carbocycles. The second-order valence-corrected chi connectivity index (χ2v) is 6.92. The summed E-state index contributed by atoms with van der Waals surface area (Å²) in [5, 5.41) is 22.0. The summed E-state index contributed by atoms with van der Waals surface area (Å²) in [5.41, 5.74) is -1.34. The van der Waals surface area contributed by atoms with Crippen LogP contribution in [0.15, 0.2) is 18.2 Å². The maximum absolute atomic E-state index is 11.8. The topological polar surface area (TPSA) is 122 Å². The van der Waals surface area contributed by atoms with Gasteiger partial charge in [-0.1, -0.05) is 0 Å². The number of hydrogen-bond donors (Lipinski definition) is 1. The summed E-state index contributed by atoms with van der Waals surface area (Å²) in [6.07, 6.45) is 0.227. The minimum atomic E-state index is -1.20. The monoisotopic (exact) mass is 371 g/mol. The van der Waals surface area contributed by atoms with Gasteiger partial charge in [0.25, 0.3) is 11.6 Å². The molecule has 126 valence electrons. The van der Waals surface area contributed by atoms with Gasteiger partial charge in [-0.25, -0.2) is 0 Å². The largest absolute Gasteiger partial charge is 0.455 e. The number of non-ortho nitro benzene ring substituents is 1. The standard InChI is InChI=1S/C14H11Cl2N3O5/c1-13(7-14(13,15)16)12(21)24-6-11(20)18-10-3-2-9(19(22)23)4-8(10)5-17/h2-4H,6-7H2,1H3,(H,18,20). The highest BCUT2D eigenvalue weighted by Gasteiger charge is 2.69. The molecule has 1 atom stereocenters. The van der Waals surface area contributed by atoms with Gasteiger partial charge in [-0.3, -0.25) is 19.7 Å². The molecule has 1 unspecified atom stereocenters. The van der Waals surface area contributed by atoms with Crippen LogP contribution >= 0.6 is 23.2 Å². The molecule has 1 amide bonds. The number of carbonyl (C=O) groups excluding carboxylic acids is 2. The van der Waals surface area contributed by atoms with Gasteiger partial charge in [0.1, 0.15) is 15.8 Å². The number of hydrogen-bond acceptors (Lipinski definition) is 6. The first-order valence-electron chi connectivity index (χ1n) is 6.64. The van der Waals surface area contributed by atoms with Gasteiger partial charge in [-0.15, -0.1) is 23.2 Å². The number of benzene rings is 1. The summed E-state index contributed by atoms with van der Waals surface area (Å²) in [6.45, 7) is 0.928. The van der Waals surface area contributed by atoms with Gasteiger partial charge in [0.2, 0.25) is 0 Å². The summed E-state index contributed by atoms with van der Waals surface area (Å²) in [7, 11) is 0. The van der Waals surface area contributed by atoms with Crippen molar-refractivity contribution in [2.24, 2.45) is 5.41 Å². The number of nitrogens with one attached hydrogen (secondary N) is 1. The minimum absolute atomic E-state index is 0.0748. The number of halogens is 2. The van der Waals surface area contributed by atoms with Crippen molar-refractivity contribution < 1.29 is 19.2 Å². The van der Waals surface area contributed by atoms with Crippen LogP contribution in [0.3, 0.4) is 0 Å². The van der Waals surface area contributed by atoms with E-state index in [2.05, 4.69) is 5.32 Å². The van der Waals surface area contributed by atoms with Gasteiger partial charge in [0.15, 0.2) is 6.61 Å². The number of ether oxygens (including phenoxy) is 1. The summed E-state index contributed by atoms with van der Waals surface area (Å²) in [5.74, 6) is -1.40. The Morgan fingerprint density at radius 2 is 2.12 bits per heavy atom. The van der Waals surface area contributed by atoms with Crippen molar-refractivity contribution in [2.45, 2.75) is 17.7 Å². The molecule has 10 heteroatoms. The Morgan fingerprint density at radius 1 is 1.50 bits per heavy atom. The zero-order chi connectivity index (χ0) is 18.1. The number of amides is 1. The molecule has 1 fully saturated rings. The van der Waals surface area contributed by atoms with Gasteiger partial charge in [0, 0.05) is 18.6 Å². The fourth-order valence-corrected chi connectivity index (χ4v) is 2.63. The van der Waals surface area contributed by atoms with E-state index in [1.165, 1.54) is 13.0 Å². The van der Waals surface area contributed by atoms with Crippen molar-refractivity contribution in [1.29, 1.82) is 5.26 Å². The van der Waals surface area contributed by atoms with Crippen molar-refractivity contribution in [3.63, 3.8) is 0 Å². The Kier molecular flexibility index (Phi) is 4.69. The number of carbonyl (C=O) groups is 2. The molecule has 8 nitrogen and oxygen atoms in total. The first-order valence-corrected chi connectivity index (χ1v) is 7.40. The van der Waals surface area contributed by atoms with Crippen LogP contribution in [0.2, 0.25) is 0 Å². The van der Waals surface area contributed by atoms with Crippen molar-refractivity contribution in [3.05, 3.63) is 33.9 Å². The lowest BCUT2D eigenvalue weighted by molar-refractivity contribution is -0.384. The molecule has 1 aromatic rings. The van der Waals surface area contributed by atoms with Gasteiger partial charge >= 0.3 is 5.97 Å². The van der Waals surface area contributed by atoms with Crippen LogP contribution in [0.5, 0.6) is 0 Å². The van der Waals surface area contributed by atoms with E-state index < -0.39 is 33.2 Å². The Bertz CT molecular complexity index is 774. The van der Waals surface area contributed by atoms with Crippen molar-refractivity contribution in [1.82, 2.24) is 0 Å². The molecule has 0 radical (unpaired) electrons. The molecule has 1 N–H and O–H groups in total. The number of esters is 1. The molecule has 0 aromatic heterocycles. The molecule has 0 spiro atoms. The molecule has 0 heterocycles. The number of alkyl halides is 2. The first-order chi connectivity index (χ1) is 11.1. The van der Waals surface area contributed by atoms with E-state index >= 15 is 0 Å². The third-order valence-electron chi connectivity index (χ3n) is 3.65. The number of rotatable bonds is 5. The normalized spacial score (nSPS) is 20.6. The number of nitro benzene ring substituents is 1. The Labute approximate surface area is 146 Å². The van der Waals surface area contributed by atoms with Crippen LogP contribution in [-0.2, 0) is 14.3 Å². The second-order valence-electron chi connectivity index (χ2n) is 5.44. The lowest BCUT2D eigenvalue weighted by Crippen LogP contribution is -2.27. The summed E-state index contributed by atoms with van der Waals surface area (Å²) >= 11 is 11.7. The van der Waals surface area contributed by atoms with Crippen LogP contribution in [0, 0.1) is 26.9 Å². The lowest BCUT2D eigenvalue weighted by Gasteiger charge is -2.12. The molecule has 0 saturated heterocycles. The molecule has 0 bridgehead atoms.